The molecule has 6 nitrogen and oxygen atoms in total. The fourth-order valence-corrected chi connectivity index (χ4v) is 2.66. The highest BCUT2D eigenvalue weighted by Gasteiger charge is 2.19. The Labute approximate surface area is 133 Å². The molecule has 1 aromatic heterocycles. The standard InChI is InChI=1S/C15H17ClN4O2/c1-9-11(8-18-20(9)2)7-17-15(21)19-13-6-12(16)5-10-3-4-22-14(10)13/h5-6,8H,3-4,7H2,1-2H3,(H2,17,19,21). The van der Waals surface area contributed by atoms with Gasteiger partial charge in [0.25, 0.3) is 0 Å². The lowest BCUT2D eigenvalue weighted by atomic mass is 10.1. The van der Waals surface area contributed by atoms with E-state index in [4.69, 9.17) is 16.3 Å². The number of anilines is 1. The van der Waals surface area contributed by atoms with Crippen LogP contribution in [0.2, 0.25) is 5.02 Å². The second kappa shape index (κ2) is 5.88. The lowest BCUT2D eigenvalue weighted by Crippen LogP contribution is -2.28. The number of urea groups is 1. The highest BCUT2D eigenvalue weighted by Crippen LogP contribution is 2.36. The Morgan fingerprint density at radius 3 is 3.05 bits per heavy atom. The van der Waals surface area contributed by atoms with E-state index in [0.29, 0.717) is 29.6 Å². The second-order valence-electron chi connectivity index (χ2n) is 5.23. The molecule has 0 atom stereocenters. The van der Waals surface area contributed by atoms with E-state index < -0.39 is 0 Å². The average Bonchev–Trinajstić information content (AvgIpc) is 3.05. The summed E-state index contributed by atoms with van der Waals surface area (Å²) < 4.78 is 7.33. The van der Waals surface area contributed by atoms with Gasteiger partial charge in [-0.3, -0.25) is 4.68 Å². The first-order valence-corrected chi connectivity index (χ1v) is 7.40. The number of benzene rings is 1. The number of rotatable bonds is 3. The largest absolute Gasteiger partial charge is 0.491 e. The molecule has 2 heterocycles. The van der Waals surface area contributed by atoms with Crippen molar-refractivity contribution in [3.05, 3.63) is 40.2 Å². The molecule has 2 N–H and O–H groups in total. The molecular weight excluding hydrogens is 304 g/mol. The number of nitrogens with zero attached hydrogens (tertiary/aromatic N) is 2. The molecular formula is C15H17ClN4O2. The Morgan fingerprint density at radius 2 is 2.32 bits per heavy atom. The predicted molar refractivity (Wildman–Crippen MR) is 84.5 cm³/mol. The molecule has 7 heteroatoms. The van der Waals surface area contributed by atoms with Gasteiger partial charge in [-0.25, -0.2) is 4.79 Å². The Morgan fingerprint density at radius 1 is 1.50 bits per heavy atom. The summed E-state index contributed by atoms with van der Waals surface area (Å²) in [7, 11) is 1.87. The lowest BCUT2D eigenvalue weighted by Gasteiger charge is -2.11. The second-order valence-corrected chi connectivity index (χ2v) is 5.66. The fraction of sp³-hybridized carbons (Fsp3) is 0.333. The molecule has 1 aromatic carbocycles. The number of halogens is 1. The van der Waals surface area contributed by atoms with E-state index in [1.165, 1.54) is 0 Å². The van der Waals surface area contributed by atoms with Crippen LogP contribution in [0.25, 0.3) is 0 Å². The molecule has 22 heavy (non-hydrogen) atoms. The summed E-state index contributed by atoms with van der Waals surface area (Å²) in [5, 5.41) is 10.3. The van der Waals surface area contributed by atoms with Gasteiger partial charge in [0.15, 0.2) is 0 Å². The van der Waals surface area contributed by atoms with Crippen LogP contribution in [0.5, 0.6) is 5.75 Å². The number of aryl methyl sites for hydroxylation is 1. The zero-order chi connectivity index (χ0) is 15.7. The smallest absolute Gasteiger partial charge is 0.319 e. The number of ether oxygens (including phenoxy) is 1. The Hall–Kier alpha value is -2.21. The number of hydrogen-bond donors (Lipinski definition) is 2. The topological polar surface area (TPSA) is 68.2 Å². The van der Waals surface area contributed by atoms with Gasteiger partial charge >= 0.3 is 6.03 Å². The van der Waals surface area contributed by atoms with Gasteiger partial charge in [0, 0.05) is 41.9 Å². The van der Waals surface area contributed by atoms with Crippen LogP contribution < -0.4 is 15.4 Å². The van der Waals surface area contributed by atoms with Crippen LogP contribution in [0.4, 0.5) is 10.5 Å². The highest BCUT2D eigenvalue weighted by molar-refractivity contribution is 6.31. The maximum absolute atomic E-state index is 12.1. The highest BCUT2D eigenvalue weighted by atomic mass is 35.5. The zero-order valence-electron chi connectivity index (χ0n) is 12.4. The number of amides is 2. The third kappa shape index (κ3) is 2.87. The summed E-state index contributed by atoms with van der Waals surface area (Å²) in [6.07, 6.45) is 2.55. The van der Waals surface area contributed by atoms with E-state index in [2.05, 4.69) is 15.7 Å². The Bertz CT molecular complexity index is 727. The minimum Gasteiger partial charge on any atom is -0.491 e. The molecule has 0 aliphatic carbocycles. The van der Waals surface area contributed by atoms with E-state index >= 15 is 0 Å². The molecule has 2 amide bonds. The summed E-state index contributed by atoms with van der Waals surface area (Å²) in [5.74, 6) is 0.706. The van der Waals surface area contributed by atoms with Crippen molar-refractivity contribution in [1.29, 1.82) is 0 Å². The first-order chi connectivity index (χ1) is 10.5. The molecule has 0 saturated heterocycles. The SMILES string of the molecule is Cc1c(CNC(=O)Nc2cc(Cl)cc3c2OCC3)cnn1C. The summed E-state index contributed by atoms with van der Waals surface area (Å²) in [5.41, 5.74) is 3.61. The fourth-order valence-electron chi connectivity index (χ4n) is 2.42. The molecule has 0 unspecified atom stereocenters. The molecule has 0 bridgehead atoms. The summed E-state index contributed by atoms with van der Waals surface area (Å²) in [6.45, 7) is 2.98. The van der Waals surface area contributed by atoms with E-state index in [-0.39, 0.29) is 6.03 Å². The van der Waals surface area contributed by atoms with E-state index in [1.54, 1.807) is 16.9 Å². The summed E-state index contributed by atoms with van der Waals surface area (Å²) >= 11 is 6.07. The van der Waals surface area contributed by atoms with Gasteiger partial charge in [0.1, 0.15) is 5.75 Å². The quantitative estimate of drug-likeness (QED) is 0.913. The zero-order valence-corrected chi connectivity index (χ0v) is 13.2. The van der Waals surface area contributed by atoms with Crippen molar-refractivity contribution in [2.75, 3.05) is 11.9 Å². The first-order valence-electron chi connectivity index (χ1n) is 7.02. The van der Waals surface area contributed by atoms with Gasteiger partial charge in [-0.05, 0) is 19.1 Å². The number of carbonyl (C=O) groups is 1. The monoisotopic (exact) mass is 320 g/mol. The molecule has 2 aromatic rings. The molecule has 116 valence electrons. The average molecular weight is 321 g/mol. The number of fused-ring (bicyclic) bond motifs is 1. The number of hydrogen-bond acceptors (Lipinski definition) is 3. The Kier molecular flexibility index (Phi) is 3.94. The van der Waals surface area contributed by atoms with Crippen molar-refractivity contribution < 1.29 is 9.53 Å². The van der Waals surface area contributed by atoms with Crippen molar-refractivity contribution in [3.8, 4) is 5.75 Å². The minimum absolute atomic E-state index is 0.303. The number of nitrogens with one attached hydrogen (secondary N) is 2. The van der Waals surface area contributed by atoms with E-state index in [0.717, 1.165) is 23.2 Å². The first kappa shape index (κ1) is 14.7. The van der Waals surface area contributed by atoms with Crippen molar-refractivity contribution in [1.82, 2.24) is 15.1 Å². The molecule has 1 aliphatic heterocycles. The van der Waals surface area contributed by atoms with Crippen LogP contribution in [0.15, 0.2) is 18.3 Å². The summed E-state index contributed by atoms with van der Waals surface area (Å²) in [6, 6.07) is 3.26. The summed E-state index contributed by atoms with van der Waals surface area (Å²) in [4.78, 5) is 12.1. The van der Waals surface area contributed by atoms with Gasteiger partial charge in [-0.1, -0.05) is 11.6 Å². The van der Waals surface area contributed by atoms with Crippen LogP contribution in [0.1, 0.15) is 16.8 Å². The van der Waals surface area contributed by atoms with Crippen LogP contribution in [-0.2, 0) is 20.0 Å². The molecule has 3 rings (SSSR count). The maximum Gasteiger partial charge on any atom is 0.319 e. The van der Waals surface area contributed by atoms with Crippen LogP contribution in [0, 0.1) is 6.92 Å². The van der Waals surface area contributed by atoms with Gasteiger partial charge in [-0.15, -0.1) is 0 Å². The van der Waals surface area contributed by atoms with Crippen LogP contribution in [-0.4, -0.2) is 22.4 Å². The minimum atomic E-state index is -0.303. The molecule has 1 aliphatic rings. The molecule has 0 spiro atoms. The lowest BCUT2D eigenvalue weighted by molar-refractivity contribution is 0.251. The van der Waals surface area contributed by atoms with Gasteiger partial charge in [0.05, 0.1) is 18.5 Å². The van der Waals surface area contributed by atoms with Gasteiger partial charge in [-0.2, -0.15) is 5.10 Å². The Balaban J connectivity index is 1.66. The number of aromatic nitrogens is 2. The molecule has 0 fully saturated rings. The van der Waals surface area contributed by atoms with Crippen LogP contribution in [0.3, 0.4) is 0 Å². The van der Waals surface area contributed by atoms with Crippen molar-refractivity contribution in [2.24, 2.45) is 7.05 Å². The van der Waals surface area contributed by atoms with E-state index in [1.807, 2.05) is 20.0 Å². The van der Waals surface area contributed by atoms with Crippen molar-refractivity contribution >= 4 is 23.3 Å². The predicted octanol–water partition coefficient (Wildman–Crippen LogP) is 2.64. The van der Waals surface area contributed by atoms with Gasteiger partial charge < -0.3 is 15.4 Å². The molecule has 0 radical (unpaired) electrons. The normalized spacial score (nSPS) is 12.7. The van der Waals surface area contributed by atoms with Gasteiger partial charge in [0.2, 0.25) is 0 Å². The maximum atomic E-state index is 12.1. The third-order valence-electron chi connectivity index (χ3n) is 3.77. The van der Waals surface area contributed by atoms with Crippen molar-refractivity contribution in [3.63, 3.8) is 0 Å². The van der Waals surface area contributed by atoms with Crippen molar-refractivity contribution in [2.45, 2.75) is 19.9 Å². The van der Waals surface area contributed by atoms with E-state index in [9.17, 15) is 4.79 Å². The number of carbonyl (C=O) groups excluding carboxylic acids is 1. The third-order valence-corrected chi connectivity index (χ3v) is 3.99. The molecule has 0 saturated carbocycles. The van der Waals surface area contributed by atoms with Crippen LogP contribution >= 0.6 is 11.6 Å².